The zero-order valence-electron chi connectivity index (χ0n) is 24.5. The van der Waals surface area contributed by atoms with E-state index in [1.54, 1.807) is 18.3 Å². The number of aliphatic carboxylic acids is 2. The van der Waals surface area contributed by atoms with Crippen molar-refractivity contribution >= 4 is 56.9 Å². The molecule has 1 heterocycles. The minimum atomic E-state index is -5.08. The molecule has 0 saturated carbocycles. The number of carboxylic acid groups (broad SMARTS) is 2. The van der Waals surface area contributed by atoms with Crippen LogP contribution in [0.1, 0.15) is 27.0 Å². The molecule has 4 aromatic carbocycles. The van der Waals surface area contributed by atoms with Crippen molar-refractivity contribution in [2.45, 2.75) is 32.5 Å². The topological polar surface area (TPSA) is 161 Å². The molecule has 0 bridgehead atoms. The lowest BCUT2D eigenvalue weighted by molar-refractivity contribution is -0.192. The molecule has 0 unspecified atom stereocenters. The van der Waals surface area contributed by atoms with Crippen LogP contribution < -0.4 is 16.0 Å². The van der Waals surface area contributed by atoms with E-state index in [9.17, 15) is 32.7 Å². The molecule has 238 valence electrons. The number of aromatic nitrogens is 1. The van der Waals surface area contributed by atoms with Crippen molar-refractivity contribution in [3.8, 4) is 0 Å². The average molecular weight is 635 g/mol. The number of anilines is 2. The molecule has 13 heteroatoms. The lowest BCUT2D eigenvalue weighted by Gasteiger charge is -2.18. The van der Waals surface area contributed by atoms with Crippen LogP contribution in [-0.4, -0.2) is 51.3 Å². The van der Waals surface area contributed by atoms with Crippen LogP contribution in [0.2, 0.25) is 0 Å². The van der Waals surface area contributed by atoms with Crippen molar-refractivity contribution in [1.82, 2.24) is 10.3 Å². The Morgan fingerprint density at radius 3 is 2.02 bits per heavy atom. The summed E-state index contributed by atoms with van der Waals surface area (Å²) in [4.78, 5) is 50.7. The third-order valence-corrected chi connectivity index (χ3v) is 7.04. The fraction of sp³-hybridized carbons (Fsp3) is 0.152. The minimum absolute atomic E-state index is 0.0917. The van der Waals surface area contributed by atoms with E-state index < -0.39 is 36.1 Å². The minimum Gasteiger partial charge on any atom is -0.480 e. The lowest BCUT2D eigenvalue weighted by Crippen LogP contribution is -2.42. The number of nitrogens with one attached hydrogen (secondary N) is 4. The molecule has 0 aliphatic carbocycles. The van der Waals surface area contributed by atoms with Crippen LogP contribution in [-0.2, 0) is 16.0 Å². The smallest absolute Gasteiger partial charge is 0.480 e. The van der Waals surface area contributed by atoms with Gasteiger partial charge in [0, 0.05) is 29.2 Å². The highest BCUT2D eigenvalue weighted by Crippen LogP contribution is 2.26. The summed E-state index contributed by atoms with van der Waals surface area (Å²) in [5, 5.41) is 27.9. The average Bonchev–Trinajstić information content (AvgIpc) is 3.41. The first-order valence-corrected chi connectivity index (χ1v) is 13.8. The number of benzene rings is 4. The number of aryl methyl sites for hydroxylation is 2. The Bertz CT molecular complexity index is 1920. The van der Waals surface area contributed by atoms with Gasteiger partial charge in [0.1, 0.15) is 6.04 Å². The van der Waals surface area contributed by atoms with Crippen molar-refractivity contribution in [3.05, 3.63) is 107 Å². The number of alkyl halides is 3. The van der Waals surface area contributed by atoms with Crippen molar-refractivity contribution < 1.29 is 42.6 Å². The number of rotatable bonds is 7. The maximum atomic E-state index is 13.5. The standard InChI is InChI=1S/C31H28N4O4.C2HF3O2/c1-18-8-7-9-19(2)28(18)35-31(39)34-26-15-21-11-4-3-10-20(21)14-24(26)29(36)33-27(30(37)38)16-22-17-32-25-13-6-5-12-23(22)25;3-2(4,5)1(6)7/h3-15,17,27,32H,16H2,1-2H3,(H,33,36)(H,37,38)(H2,34,35,39);(H,6,7)/t27-;/m0./s1. The molecule has 5 rings (SSSR count). The van der Waals surface area contributed by atoms with E-state index in [0.717, 1.165) is 38.4 Å². The summed E-state index contributed by atoms with van der Waals surface area (Å²) in [6.45, 7) is 3.80. The fourth-order valence-electron chi connectivity index (χ4n) is 4.77. The molecule has 3 amide bonds. The number of carbonyl (C=O) groups excluding carboxylic acids is 2. The van der Waals surface area contributed by atoms with Gasteiger partial charge in [0.2, 0.25) is 0 Å². The number of hydrogen-bond donors (Lipinski definition) is 6. The first kappa shape index (κ1) is 33.1. The Morgan fingerprint density at radius 2 is 1.41 bits per heavy atom. The molecule has 0 spiro atoms. The van der Waals surface area contributed by atoms with E-state index in [-0.39, 0.29) is 17.7 Å². The maximum absolute atomic E-state index is 13.5. The molecule has 0 aliphatic heterocycles. The summed E-state index contributed by atoms with van der Waals surface area (Å²) in [5.74, 6) is -4.51. The van der Waals surface area contributed by atoms with Gasteiger partial charge >= 0.3 is 24.1 Å². The van der Waals surface area contributed by atoms with E-state index in [2.05, 4.69) is 20.9 Å². The number of H-pyrrole nitrogens is 1. The van der Waals surface area contributed by atoms with Gasteiger partial charge < -0.3 is 31.1 Å². The molecule has 0 radical (unpaired) electrons. The Hall–Kier alpha value is -5.85. The van der Waals surface area contributed by atoms with E-state index >= 15 is 0 Å². The zero-order valence-corrected chi connectivity index (χ0v) is 24.5. The Labute approximate surface area is 260 Å². The van der Waals surface area contributed by atoms with Crippen LogP contribution in [0.15, 0.2) is 85.1 Å². The summed E-state index contributed by atoms with van der Waals surface area (Å²) >= 11 is 0. The van der Waals surface area contributed by atoms with Crippen LogP contribution in [0.25, 0.3) is 21.7 Å². The summed E-state index contributed by atoms with van der Waals surface area (Å²) < 4.78 is 31.7. The van der Waals surface area contributed by atoms with E-state index in [1.165, 1.54) is 0 Å². The third-order valence-electron chi connectivity index (χ3n) is 7.04. The predicted octanol–water partition coefficient (Wildman–Crippen LogP) is 6.64. The Balaban J connectivity index is 0.000000617. The first-order valence-electron chi connectivity index (χ1n) is 13.8. The van der Waals surface area contributed by atoms with E-state index in [0.29, 0.717) is 5.69 Å². The van der Waals surface area contributed by atoms with Crippen molar-refractivity contribution in [1.29, 1.82) is 0 Å². The van der Waals surface area contributed by atoms with Gasteiger partial charge in [-0.25, -0.2) is 14.4 Å². The largest absolute Gasteiger partial charge is 0.490 e. The zero-order chi connectivity index (χ0) is 33.6. The molecule has 46 heavy (non-hydrogen) atoms. The molecule has 0 aliphatic rings. The highest BCUT2D eigenvalue weighted by atomic mass is 19.4. The van der Waals surface area contributed by atoms with E-state index in [1.807, 2.05) is 80.6 Å². The van der Waals surface area contributed by atoms with Crippen LogP contribution in [0.3, 0.4) is 0 Å². The lowest BCUT2D eigenvalue weighted by atomic mass is 10.0. The van der Waals surface area contributed by atoms with Crippen molar-refractivity contribution in [2.24, 2.45) is 0 Å². The summed E-state index contributed by atoms with van der Waals surface area (Å²) in [6, 6.07) is 22.4. The molecular formula is C33H29F3N4O6. The molecular weight excluding hydrogens is 605 g/mol. The Kier molecular flexibility index (Phi) is 9.95. The van der Waals surface area contributed by atoms with Crippen LogP contribution in [0.4, 0.5) is 29.3 Å². The molecule has 0 fully saturated rings. The van der Waals surface area contributed by atoms with Crippen molar-refractivity contribution in [3.63, 3.8) is 0 Å². The van der Waals surface area contributed by atoms with Gasteiger partial charge in [0.05, 0.1) is 11.3 Å². The summed E-state index contributed by atoms with van der Waals surface area (Å²) in [7, 11) is 0. The van der Waals surface area contributed by atoms with Gasteiger partial charge in [0.25, 0.3) is 5.91 Å². The molecule has 5 aromatic rings. The highest BCUT2D eigenvalue weighted by molar-refractivity contribution is 6.10. The SMILES string of the molecule is Cc1cccc(C)c1NC(=O)Nc1cc2ccccc2cc1C(=O)N[C@@H](Cc1c[nH]c2ccccc12)C(=O)O.O=C(O)C(F)(F)F. The Morgan fingerprint density at radius 1 is 0.826 bits per heavy atom. The predicted molar refractivity (Wildman–Crippen MR) is 167 cm³/mol. The quantitative estimate of drug-likeness (QED) is 0.118. The second-order valence-electron chi connectivity index (χ2n) is 10.3. The number of fused-ring (bicyclic) bond motifs is 2. The van der Waals surface area contributed by atoms with Crippen LogP contribution in [0.5, 0.6) is 0 Å². The van der Waals surface area contributed by atoms with Crippen LogP contribution >= 0.6 is 0 Å². The second kappa shape index (κ2) is 13.8. The first-order chi connectivity index (χ1) is 21.7. The molecule has 10 nitrogen and oxygen atoms in total. The number of urea groups is 1. The number of amides is 3. The van der Waals surface area contributed by atoms with Gasteiger partial charge in [-0.05, 0) is 59.5 Å². The molecule has 1 aromatic heterocycles. The number of halogens is 3. The number of para-hydroxylation sites is 2. The van der Waals surface area contributed by atoms with Gasteiger partial charge in [-0.15, -0.1) is 0 Å². The monoisotopic (exact) mass is 634 g/mol. The number of carboxylic acids is 2. The molecule has 1 atom stereocenters. The highest BCUT2D eigenvalue weighted by Gasteiger charge is 2.38. The van der Waals surface area contributed by atoms with Crippen LogP contribution in [0, 0.1) is 13.8 Å². The maximum Gasteiger partial charge on any atom is 0.490 e. The van der Waals surface area contributed by atoms with Crippen molar-refractivity contribution in [2.75, 3.05) is 10.6 Å². The number of carbonyl (C=O) groups is 4. The summed E-state index contributed by atoms with van der Waals surface area (Å²) in [6.07, 6.45) is -3.23. The number of aromatic amines is 1. The van der Waals surface area contributed by atoms with Gasteiger partial charge in [-0.2, -0.15) is 13.2 Å². The normalized spacial score (nSPS) is 11.7. The van der Waals surface area contributed by atoms with E-state index in [4.69, 9.17) is 9.90 Å². The fourth-order valence-corrected chi connectivity index (χ4v) is 4.77. The molecule has 6 N–H and O–H groups in total. The third kappa shape index (κ3) is 8.00. The second-order valence-corrected chi connectivity index (χ2v) is 10.3. The van der Waals surface area contributed by atoms with Gasteiger partial charge in [-0.1, -0.05) is 60.7 Å². The molecule has 0 saturated heterocycles. The van der Waals surface area contributed by atoms with Gasteiger partial charge in [-0.3, -0.25) is 4.79 Å². The van der Waals surface area contributed by atoms with Gasteiger partial charge in [0.15, 0.2) is 0 Å². The number of hydrogen-bond acceptors (Lipinski definition) is 4. The summed E-state index contributed by atoms with van der Waals surface area (Å²) in [5.41, 5.74) is 4.60.